The van der Waals surface area contributed by atoms with Crippen molar-refractivity contribution in [1.82, 2.24) is 25.7 Å². The van der Waals surface area contributed by atoms with E-state index in [4.69, 9.17) is 0 Å². The van der Waals surface area contributed by atoms with Gasteiger partial charge in [0.1, 0.15) is 0 Å². The molecule has 0 aliphatic carbocycles. The van der Waals surface area contributed by atoms with Crippen molar-refractivity contribution in [2.45, 2.75) is 25.4 Å². The van der Waals surface area contributed by atoms with E-state index in [1.54, 1.807) is 17.5 Å². The second-order valence-corrected chi connectivity index (χ2v) is 6.94. The lowest BCUT2D eigenvalue weighted by Gasteiger charge is -2.33. The van der Waals surface area contributed by atoms with Gasteiger partial charge < -0.3 is 10.2 Å². The molecule has 7 heteroatoms. The topological polar surface area (TPSA) is 69.7 Å². The predicted molar refractivity (Wildman–Crippen MR) is 96.0 cm³/mol. The zero-order valence-electron chi connectivity index (χ0n) is 13.4. The predicted octanol–water partition coefficient (Wildman–Crippen LogP) is 2.69. The van der Waals surface area contributed by atoms with Crippen LogP contribution < -0.4 is 10.2 Å². The maximum absolute atomic E-state index is 4.23. The quantitative estimate of drug-likeness (QED) is 0.747. The zero-order valence-corrected chi connectivity index (χ0v) is 14.2. The monoisotopic (exact) mass is 340 g/mol. The Bertz CT molecular complexity index is 755. The normalized spacial score (nSPS) is 18.0. The van der Waals surface area contributed by atoms with E-state index in [-0.39, 0.29) is 0 Å². The molecular weight excluding hydrogens is 320 g/mol. The van der Waals surface area contributed by atoms with Crippen molar-refractivity contribution in [3.63, 3.8) is 0 Å². The number of thiophene rings is 1. The Morgan fingerprint density at radius 1 is 1.33 bits per heavy atom. The SMILES string of the molecule is c1cnnc(N2CCCC(NCc3cn[nH]c3-c3cccs3)C2)c1. The summed E-state index contributed by atoms with van der Waals surface area (Å²) in [5.74, 6) is 0.964. The molecule has 0 bridgehead atoms. The van der Waals surface area contributed by atoms with Crippen LogP contribution in [0.1, 0.15) is 18.4 Å². The van der Waals surface area contributed by atoms with E-state index in [0.717, 1.165) is 37.6 Å². The second-order valence-electron chi connectivity index (χ2n) is 6.00. The fraction of sp³-hybridized carbons (Fsp3) is 0.353. The number of nitrogens with zero attached hydrogens (tertiary/aromatic N) is 4. The van der Waals surface area contributed by atoms with Gasteiger partial charge in [-0.25, -0.2) is 0 Å². The van der Waals surface area contributed by atoms with E-state index in [1.165, 1.54) is 16.9 Å². The summed E-state index contributed by atoms with van der Waals surface area (Å²) in [6.07, 6.45) is 5.99. The van der Waals surface area contributed by atoms with Gasteiger partial charge in [0.15, 0.2) is 5.82 Å². The molecule has 0 radical (unpaired) electrons. The van der Waals surface area contributed by atoms with Gasteiger partial charge in [-0.15, -0.1) is 16.4 Å². The summed E-state index contributed by atoms with van der Waals surface area (Å²) < 4.78 is 0. The third kappa shape index (κ3) is 3.32. The molecule has 1 saturated heterocycles. The van der Waals surface area contributed by atoms with E-state index >= 15 is 0 Å². The number of nitrogens with one attached hydrogen (secondary N) is 2. The summed E-state index contributed by atoms with van der Waals surface area (Å²) in [5, 5.41) is 21.3. The Hall–Kier alpha value is -2.25. The van der Waals surface area contributed by atoms with Crippen LogP contribution in [0.3, 0.4) is 0 Å². The molecule has 1 unspecified atom stereocenters. The first kappa shape index (κ1) is 15.3. The Morgan fingerprint density at radius 2 is 2.33 bits per heavy atom. The molecule has 2 N–H and O–H groups in total. The van der Waals surface area contributed by atoms with Gasteiger partial charge in [-0.3, -0.25) is 5.10 Å². The molecule has 1 fully saturated rings. The Labute approximate surface area is 144 Å². The van der Waals surface area contributed by atoms with Crippen LogP contribution in [0.5, 0.6) is 0 Å². The van der Waals surface area contributed by atoms with E-state index in [9.17, 15) is 0 Å². The van der Waals surface area contributed by atoms with Crippen LogP contribution in [0.25, 0.3) is 10.6 Å². The number of aromatic nitrogens is 4. The third-order valence-corrected chi connectivity index (χ3v) is 5.26. The van der Waals surface area contributed by atoms with Crippen molar-refractivity contribution in [2.75, 3.05) is 18.0 Å². The highest BCUT2D eigenvalue weighted by Crippen LogP contribution is 2.26. The Balaban J connectivity index is 1.39. The molecule has 3 aromatic heterocycles. The average molecular weight is 340 g/mol. The fourth-order valence-corrected chi connectivity index (χ4v) is 3.90. The maximum atomic E-state index is 4.23. The molecule has 3 aromatic rings. The van der Waals surface area contributed by atoms with E-state index in [2.05, 4.69) is 48.1 Å². The Morgan fingerprint density at radius 3 is 3.17 bits per heavy atom. The summed E-state index contributed by atoms with van der Waals surface area (Å²) in [6, 6.07) is 8.61. The lowest BCUT2D eigenvalue weighted by Crippen LogP contribution is -2.45. The van der Waals surface area contributed by atoms with E-state index in [0.29, 0.717) is 6.04 Å². The lowest BCUT2D eigenvalue weighted by atomic mass is 10.1. The van der Waals surface area contributed by atoms with Crippen LogP contribution in [0.4, 0.5) is 5.82 Å². The molecule has 0 spiro atoms. The van der Waals surface area contributed by atoms with Gasteiger partial charge in [0.2, 0.25) is 0 Å². The number of hydrogen-bond acceptors (Lipinski definition) is 6. The molecule has 4 rings (SSSR count). The second kappa shape index (κ2) is 7.11. The highest BCUT2D eigenvalue weighted by Gasteiger charge is 2.21. The molecule has 0 saturated carbocycles. The van der Waals surface area contributed by atoms with Crippen LogP contribution in [0.2, 0.25) is 0 Å². The van der Waals surface area contributed by atoms with Gasteiger partial charge in [-0.2, -0.15) is 10.2 Å². The van der Waals surface area contributed by atoms with Crippen LogP contribution in [-0.2, 0) is 6.54 Å². The molecule has 124 valence electrons. The van der Waals surface area contributed by atoms with Gasteiger partial charge in [-0.1, -0.05) is 6.07 Å². The molecule has 0 aromatic carbocycles. The van der Waals surface area contributed by atoms with Crippen LogP contribution in [0.15, 0.2) is 42.0 Å². The maximum Gasteiger partial charge on any atom is 0.151 e. The minimum atomic E-state index is 0.451. The molecule has 1 aliphatic rings. The van der Waals surface area contributed by atoms with Crippen molar-refractivity contribution in [2.24, 2.45) is 0 Å². The van der Waals surface area contributed by atoms with Gasteiger partial charge in [-0.05, 0) is 36.4 Å². The summed E-state index contributed by atoms with van der Waals surface area (Å²) in [5.41, 5.74) is 2.34. The van der Waals surface area contributed by atoms with E-state index in [1.807, 2.05) is 18.3 Å². The molecular formula is C17H20N6S. The van der Waals surface area contributed by atoms with Crippen molar-refractivity contribution in [3.8, 4) is 10.6 Å². The summed E-state index contributed by atoms with van der Waals surface area (Å²) >= 11 is 1.73. The molecule has 1 aliphatic heterocycles. The highest BCUT2D eigenvalue weighted by molar-refractivity contribution is 7.13. The van der Waals surface area contributed by atoms with Crippen LogP contribution >= 0.6 is 11.3 Å². The first-order chi connectivity index (χ1) is 11.9. The van der Waals surface area contributed by atoms with Gasteiger partial charge in [0.25, 0.3) is 0 Å². The minimum absolute atomic E-state index is 0.451. The molecule has 1 atom stereocenters. The van der Waals surface area contributed by atoms with Crippen molar-refractivity contribution < 1.29 is 0 Å². The summed E-state index contributed by atoms with van der Waals surface area (Å²) in [4.78, 5) is 3.54. The number of aromatic amines is 1. The van der Waals surface area contributed by atoms with Crippen LogP contribution in [-0.4, -0.2) is 39.5 Å². The number of H-pyrrole nitrogens is 1. The summed E-state index contributed by atoms with van der Waals surface area (Å²) in [6.45, 7) is 2.83. The molecule has 0 amide bonds. The number of rotatable bonds is 5. The fourth-order valence-electron chi connectivity index (χ4n) is 3.15. The van der Waals surface area contributed by atoms with Crippen molar-refractivity contribution in [3.05, 3.63) is 47.6 Å². The van der Waals surface area contributed by atoms with E-state index < -0.39 is 0 Å². The van der Waals surface area contributed by atoms with Gasteiger partial charge in [0, 0.05) is 37.4 Å². The smallest absolute Gasteiger partial charge is 0.151 e. The highest BCUT2D eigenvalue weighted by atomic mass is 32.1. The number of hydrogen-bond donors (Lipinski definition) is 2. The molecule has 4 heterocycles. The molecule has 24 heavy (non-hydrogen) atoms. The molecule has 6 nitrogen and oxygen atoms in total. The van der Waals surface area contributed by atoms with Crippen molar-refractivity contribution in [1.29, 1.82) is 0 Å². The minimum Gasteiger partial charge on any atom is -0.354 e. The largest absolute Gasteiger partial charge is 0.354 e. The summed E-state index contributed by atoms with van der Waals surface area (Å²) in [7, 11) is 0. The van der Waals surface area contributed by atoms with Crippen molar-refractivity contribution >= 4 is 17.2 Å². The lowest BCUT2D eigenvalue weighted by molar-refractivity contribution is 0.419. The standard InChI is InChI=1S/C17H20N6S/c1-6-16(21-19-7-1)23-8-2-4-14(12-23)18-10-13-11-20-22-17(13)15-5-3-9-24-15/h1,3,5-7,9,11,14,18H,2,4,8,10,12H2,(H,20,22). The van der Waals surface area contributed by atoms with Gasteiger partial charge in [0.05, 0.1) is 16.8 Å². The first-order valence-electron chi connectivity index (χ1n) is 8.22. The third-order valence-electron chi connectivity index (χ3n) is 4.37. The number of anilines is 1. The number of piperidine rings is 1. The van der Waals surface area contributed by atoms with Crippen LogP contribution in [0, 0.1) is 0 Å². The van der Waals surface area contributed by atoms with Gasteiger partial charge >= 0.3 is 0 Å². The zero-order chi connectivity index (χ0) is 16.2. The Kier molecular flexibility index (Phi) is 4.53. The average Bonchev–Trinajstić information content (AvgIpc) is 3.32. The first-order valence-corrected chi connectivity index (χ1v) is 9.10.